The zero-order valence-corrected chi connectivity index (χ0v) is 11.1. The van der Waals surface area contributed by atoms with Crippen LogP contribution in [-0.2, 0) is 0 Å². The lowest BCUT2D eigenvalue weighted by Crippen LogP contribution is -2.24. The molecule has 0 radical (unpaired) electrons. The van der Waals surface area contributed by atoms with Gasteiger partial charge in [0.2, 0.25) is 0 Å². The van der Waals surface area contributed by atoms with Crippen LogP contribution in [0.3, 0.4) is 0 Å². The number of hydrogen-bond acceptors (Lipinski definition) is 3. The summed E-state index contributed by atoms with van der Waals surface area (Å²) in [7, 11) is 0. The second-order valence-electron chi connectivity index (χ2n) is 4.36. The minimum atomic E-state index is 0.341. The lowest BCUT2D eigenvalue weighted by Gasteiger charge is -2.20. The van der Waals surface area contributed by atoms with E-state index in [1.54, 1.807) is 12.5 Å². The van der Waals surface area contributed by atoms with Gasteiger partial charge in [0, 0.05) is 6.04 Å². The summed E-state index contributed by atoms with van der Waals surface area (Å²) in [5.41, 5.74) is 0.667. The summed E-state index contributed by atoms with van der Waals surface area (Å²) >= 11 is 0. The highest BCUT2D eigenvalue weighted by molar-refractivity contribution is 5.71. The van der Waals surface area contributed by atoms with Crippen LogP contribution in [-0.4, -0.2) is 40.4 Å². The molecule has 0 aliphatic carbocycles. The van der Waals surface area contributed by atoms with E-state index < -0.39 is 0 Å². The Hall–Kier alpha value is -1.16. The van der Waals surface area contributed by atoms with Crippen LogP contribution in [0, 0.1) is 0 Å². The minimum absolute atomic E-state index is 0.341. The van der Waals surface area contributed by atoms with Crippen molar-refractivity contribution in [3.8, 4) is 0 Å². The molecule has 96 valence electrons. The predicted octanol–water partition coefficient (Wildman–Crippen LogP) is 2.38. The van der Waals surface area contributed by atoms with Gasteiger partial charge in [-0.2, -0.15) is 0 Å². The molecule has 0 amide bonds. The maximum atomic E-state index is 10.8. The number of nitrogens with zero attached hydrogens (tertiary/aromatic N) is 3. The second-order valence-corrected chi connectivity index (χ2v) is 4.36. The van der Waals surface area contributed by atoms with Crippen molar-refractivity contribution in [2.75, 3.05) is 19.6 Å². The summed E-state index contributed by atoms with van der Waals surface area (Å²) < 4.78 is 1.95. The molecular formula is C13H23N3O. The van der Waals surface area contributed by atoms with Gasteiger partial charge in [0.25, 0.3) is 0 Å². The Morgan fingerprint density at radius 1 is 1.47 bits per heavy atom. The van der Waals surface area contributed by atoms with Crippen molar-refractivity contribution < 1.29 is 4.79 Å². The van der Waals surface area contributed by atoms with Crippen molar-refractivity contribution in [1.29, 1.82) is 0 Å². The number of hydrogen-bond donors (Lipinski definition) is 0. The highest BCUT2D eigenvalue weighted by Gasteiger charge is 2.09. The molecule has 1 heterocycles. The molecule has 0 spiro atoms. The van der Waals surface area contributed by atoms with Crippen LogP contribution in [0.15, 0.2) is 12.5 Å². The van der Waals surface area contributed by atoms with Gasteiger partial charge in [-0.3, -0.25) is 4.79 Å². The van der Waals surface area contributed by atoms with Crippen LogP contribution < -0.4 is 0 Å². The molecule has 0 aliphatic heterocycles. The van der Waals surface area contributed by atoms with Crippen LogP contribution in [0.2, 0.25) is 0 Å². The zero-order chi connectivity index (χ0) is 12.7. The normalized spacial score (nSPS) is 12.9. The first kappa shape index (κ1) is 13.9. The van der Waals surface area contributed by atoms with Gasteiger partial charge in [-0.05, 0) is 39.4 Å². The van der Waals surface area contributed by atoms with Crippen molar-refractivity contribution in [3.05, 3.63) is 18.2 Å². The molecule has 0 fully saturated rings. The van der Waals surface area contributed by atoms with Crippen LogP contribution in [0.1, 0.15) is 50.1 Å². The lowest BCUT2D eigenvalue weighted by molar-refractivity contribution is 0.111. The lowest BCUT2D eigenvalue weighted by atomic mass is 10.1. The van der Waals surface area contributed by atoms with Crippen molar-refractivity contribution in [2.45, 2.75) is 39.7 Å². The third kappa shape index (κ3) is 3.97. The molecule has 0 bridgehead atoms. The molecule has 1 rings (SSSR count). The standard InChI is InChI=1S/C13H23N3O/c1-4-15(5-2)8-6-7-12(3)16-11-14-9-13(16)10-17/h9-12H,4-8H2,1-3H3. The molecular weight excluding hydrogens is 214 g/mol. The number of carbonyl (C=O) groups excluding carboxylic acids is 1. The van der Waals surface area contributed by atoms with Crippen molar-refractivity contribution >= 4 is 6.29 Å². The fourth-order valence-electron chi connectivity index (χ4n) is 2.06. The van der Waals surface area contributed by atoms with Crippen molar-refractivity contribution in [3.63, 3.8) is 0 Å². The number of aldehydes is 1. The third-order valence-electron chi connectivity index (χ3n) is 3.28. The Labute approximate surface area is 104 Å². The number of aromatic nitrogens is 2. The Morgan fingerprint density at radius 2 is 2.18 bits per heavy atom. The predicted molar refractivity (Wildman–Crippen MR) is 69.3 cm³/mol. The van der Waals surface area contributed by atoms with Gasteiger partial charge in [-0.25, -0.2) is 4.98 Å². The molecule has 0 N–H and O–H groups in total. The number of carbonyl (C=O) groups is 1. The average molecular weight is 237 g/mol. The molecule has 0 saturated carbocycles. The van der Waals surface area contributed by atoms with E-state index in [-0.39, 0.29) is 0 Å². The average Bonchev–Trinajstić information content (AvgIpc) is 2.82. The maximum absolute atomic E-state index is 10.8. The van der Waals surface area contributed by atoms with E-state index >= 15 is 0 Å². The van der Waals surface area contributed by atoms with Crippen molar-refractivity contribution in [2.24, 2.45) is 0 Å². The number of imidazole rings is 1. The highest BCUT2D eigenvalue weighted by Crippen LogP contribution is 2.15. The topological polar surface area (TPSA) is 38.1 Å². The molecule has 17 heavy (non-hydrogen) atoms. The quantitative estimate of drug-likeness (QED) is 0.651. The minimum Gasteiger partial charge on any atom is -0.326 e. The van der Waals surface area contributed by atoms with E-state index in [1.807, 2.05) is 4.57 Å². The molecule has 4 nitrogen and oxygen atoms in total. The third-order valence-corrected chi connectivity index (χ3v) is 3.28. The van der Waals surface area contributed by atoms with E-state index in [1.165, 1.54) is 0 Å². The molecule has 0 aromatic carbocycles. The van der Waals surface area contributed by atoms with E-state index in [9.17, 15) is 4.79 Å². The summed E-state index contributed by atoms with van der Waals surface area (Å²) in [5, 5.41) is 0. The Kier molecular flexibility index (Phi) is 5.91. The fourth-order valence-corrected chi connectivity index (χ4v) is 2.06. The SMILES string of the molecule is CCN(CC)CCCC(C)n1cncc1C=O. The number of rotatable bonds is 8. The first-order valence-electron chi connectivity index (χ1n) is 6.42. The van der Waals surface area contributed by atoms with Gasteiger partial charge >= 0.3 is 0 Å². The Morgan fingerprint density at radius 3 is 2.76 bits per heavy atom. The summed E-state index contributed by atoms with van der Waals surface area (Å²) in [6.07, 6.45) is 6.46. The van der Waals surface area contributed by atoms with Gasteiger partial charge in [0.05, 0.1) is 12.5 Å². The monoisotopic (exact) mass is 237 g/mol. The molecule has 4 heteroatoms. The summed E-state index contributed by atoms with van der Waals surface area (Å²) in [5.74, 6) is 0. The van der Waals surface area contributed by atoms with Crippen LogP contribution in [0.4, 0.5) is 0 Å². The van der Waals surface area contributed by atoms with E-state index in [0.717, 1.165) is 38.8 Å². The molecule has 0 saturated heterocycles. The molecule has 1 unspecified atom stereocenters. The molecule has 1 atom stereocenters. The van der Waals surface area contributed by atoms with E-state index in [2.05, 4.69) is 30.7 Å². The van der Waals surface area contributed by atoms with Crippen LogP contribution >= 0.6 is 0 Å². The largest absolute Gasteiger partial charge is 0.326 e. The van der Waals surface area contributed by atoms with Gasteiger partial charge in [0.15, 0.2) is 6.29 Å². The smallest absolute Gasteiger partial charge is 0.168 e. The summed E-state index contributed by atoms with van der Waals surface area (Å²) in [6.45, 7) is 9.85. The second kappa shape index (κ2) is 7.22. The summed E-state index contributed by atoms with van der Waals surface area (Å²) in [4.78, 5) is 17.2. The molecule has 1 aromatic rings. The fraction of sp³-hybridized carbons (Fsp3) is 0.692. The Bertz CT molecular complexity index is 331. The van der Waals surface area contributed by atoms with Gasteiger partial charge in [-0.1, -0.05) is 13.8 Å². The molecule has 0 aliphatic rings. The van der Waals surface area contributed by atoms with Crippen LogP contribution in [0.5, 0.6) is 0 Å². The first-order valence-corrected chi connectivity index (χ1v) is 6.42. The Balaban J connectivity index is 2.39. The summed E-state index contributed by atoms with van der Waals surface area (Å²) in [6, 6.07) is 0.341. The zero-order valence-electron chi connectivity index (χ0n) is 11.1. The van der Waals surface area contributed by atoms with Crippen molar-refractivity contribution in [1.82, 2.24) is 14.5 Å². The van der Waals surface area contributed by atoms with E-state index in [0.29, 0.717) is 11.7 Å². The first-order chi connectivity index (χ1) is 8.22. The van der Waals surface area contributed by atoms with Gasteiger partial charge < -0.3 is 9.47 Å². The van der Waals surface area contributed by atoms with Gasteiger partial charge in [0.1, 0.15) is 5.69 Å². The highest BCUT2D eigenvalue weighted by atomic mass is 16.1. The van der Waals surface area contributed by atoms with E-state index in [4.69, 9.17) is 0 Å². The van der Waals surface area contributed by atoms with Crippen LogP contribution in [0.25, 0.3) is 0 Å². The molecule has 1 aromatic heterocycles. The van der Waals surface area contributed by atoms with Gasteiger partial charge in [-0.15, -0.1) is 0 Å². The maximum Gasteiger partial charge on any atom is 0.168 e.